The first kappa shape index (κ1) is 27.5. The van der Waals surface area contributed by atoms with Gasteiger partial charge in [-0.2, -0.15) is 0 Å². The van der Waals surface area contributed by atoms with Crippen molar-refractivity contribution in [1.82, 2.24) is 0 Å². The molecule has 4 N–H and O–H groups in total. The van der Waals surface area contributed by atoms with Gasteiger partial charge >= 0.3 is 5.97 Å². The van der Waals surface area contributed by atoms with Crippen LogP contribution in [0.4, 0.5) is 11.4 Å². The molecule has 0 bridgehead atoms. The van der Waals surface area contributed by atoms with Crippen LogP contribution in [0.5, 0.6) is 0 Å². The molecule has 1 aromatic carbocycles. The summed E-state index contributed by atoms with van der Waals surface area (Å²) in [5.74, 6) is -2.46. The lowest BCUT2D eigenvalue weighted by atomic mass is 10.1. The summed E-state index contributed by atoms with van der Waals surface area (Å²) in [5.41, 5.74) is 6.51. The van der Waals surface area contributed by atoms with E-state index in [1.807, 2.05) is 67.8 Å². The van der Waals surface area contributed by atoms with Gasteiger partial charge in [0.05, 0.1) is 14.9 Å². The summed E-state index contributed by atoms with van der Waals surface area (Å²) in [4.78, 5) is 48.7. The van der Waals surface area contributed by atoms with E-state index in [1.165, 1.54) is 18.2 Å². The lowest BCUT2D eigenvalue weighted by Crippen LogP contribution is -2.28. The number of carbonyl (C=O) groups is 4. The normalized spacial score (nSPS) is 12.3. The third kappa shape index (κ3) is 7.55. The number of hydrogen-bond donors (Lipinski definition) is 3. The molecule has 0 saturated heterocycles. The van der Waals surface area contributed by atoms with Crippen molar-refractivity contribution in [1.29, 1.82) is 0 Å². The number of hydrogen-bond acceptors (Lipinski definition) is 5. The van der Waals surface area contributed by atoms with E-state index in [2.05, 4.69) is 10.6 Å². The Morgan fingerprint density at radius 1 is 0.806 bits per heavy atom. The van der Waals surface area contributed by atoms with Crippen LogP contribution in [0.15, 0.2) is 36.5 Å². The van der Waals surface area contributed by atoms with Gasteiger partial charge in [-0.15, -0.1) is 0 Å². The molecular formula is C20H20I3N3O5. The van der Waals surface area contributed by atoms with Gasteiger partial charge in [-0.1, -0.05) is 18.2 Å². The second kappa shape index (κ2) is 13.1. The van der Waals surface area contributed by atoms with Crippen LogP contribution in [0.2, 0.25) is 0 Å². The fourth-order valence-electron chi connectivity index (χ4n) is 2.32. The fourth-order valence-corrected chi connectivity index (χ4v) is 6.59. The smallest absolute Gasteiger partial charge is 0.331 e. The van der Waals surface area contributed by atoms with Crippen molar-refractivity contribution >= 4 is 103 Å². The molecule has 1 unspecified atom stereocenters. The van der Waals surface area contributed by atoms with Gasteiger partial charge in [-0.3, -0.25) is 14.4 Å². The van der Waals surface area contributed by atoms with Gasteiger partial charge in [0.15, 0.2) is 0 Å². The lowest BCUT2D eigenvalue weighted by molar-refractivity contribution is -0.150. The zero-order valence-electron chi connectivity index (χ0n) is 16.8. The van der Waals surface area contributed by atoms with Crippen LogP contribution in [-0.4, -0.2) is 23.7 Å². The summed E-state index contributed by atoms with van der Waals surface area (Å²) in [6.45, 7) is 5.02. The molecule has 1 atom stereocenters. The van der Waals surface area contributed by atoms with Gasteiger partial charge < -0.3 is 21.1 Å². The average Bonchev–Trinajstić information content (AvgIpc) is 2.68. The van der Waals surface area contributed by atoms with Crippen LogP contribution in [-0.2, 0) is 23.9 Å². The van der Waals surface area contributed by atoms with E-state index in [-0.39, 0.29) is 5.56 Å². The summed E-state index contributed by atoms with van der Waals surface area (Å²) >= 11 is 5.88. The number of amides is 3. The molecule has 0 aliphatic carbocycles. The summed E-state index contributed by atoms with van der Waals surface area (Å²) < 4.78 is 6.72. The van der Waals surface area contributed by atoms with Crippen LogP contribution in [0.25, 0.3) is 0 Å². The van der Waals surface area contributed by atoms with Crippen molar-refractivity contribution in [3.05, 3.63) is 52.7 Å². The highest BCUT2D eigenvalue weighted by molar-refractivity contribution is 14.1. The Kier molecular flexibility index (Phi) is 11.7. The quantitative estimate of drug-likeness (QED) is 0.208. The van der Waals surface area contributed by atoms with Crippen molar-refractivity contribution in [3.8, 4) is 0 Å². The van der Waals surface area contributed by atoms with Gasteiger partial charge in [0, 0.05) is 18.8 Å². The zero-order valence-corrected chi connectivity index (χ0v) is 23.3. The van der Waals surface area contributed by atoms with Crippen LogP contribution in [0.1, 0.15) is 32.4 Å². The Bertz CT molecular complexity index is 934. The van der Waals surface area contributed by atoms with Crippen LogP contribution < -0.4 is 16.4 Å². The van der Waals surface area contributed by atoms with Crippen LogP contribution in [0.3, 0.4) is 0 Å². The number of ether oxygens (including phenoxy) is 1. The number of nitrogens with two attached hydrogens (primary N) is 1. The molecule has 166 valence electrons. The molecule has 0 heterocycles. The Morgan fingerprint density at radius 3 is 1.58 bits per heavy atom. The molecule has 0 radical (unpaired) electrons. The average molecular weight is 763 g/mol. The largest absolute Gasteiger partial charge is 0.444 e. The number of anilines is 2. The number of allylic oxidation sites excluding steroid dienone is 3. The maximum Gasteiger partial charge on any atom is 0.331 e. The number of esters is 1. The SMILES string of the molecule is C/C=C/C(=O)Nc1c(I)c(NC(=O)/C=C/C)c(I)c(C(OC(=O)/C=C/C)C(N)=O)c1I. The van der Waals surface area contributed by atoms with Gasteiger partial charge in [-0.05, 0) is 101 Å². The van der Waals surface area contributed by atoms with Gasteiger partial charge in [0.25, 0.3) is 5.91 Å². The molecule has 3 amide bonds. The molecule has 0 aliphatic rings. The van der Waals surface area contributed by atoms with E-state index in [0.717, 1.165) is 6.08 Å². The molecule has 0 aromatic heterocycles. The van der Waals surface area contributed by atoms with Gasteiger partial charge in [0.1, 0.15) is 0 Å². The van der Waals surface area contributed by atoms with Crippen molar-refractivity contribution in [2.45, 2.75) is 26.9 Å². The maximum atomic E-state index is 12.2. The van der Waals surface area contributed by atoms with E-state index < -0.39 is 29.8 Å². The van der Waals surface area contributed by atoms with Crippen molar-refractivity contribution in [3.63, 3.8) is 0 Å². The van der Waals surface area contributed by atoms with Crippen molar-refractivity contribution < 1.29 is 23.9 Å². The standard InChI is InChI=1S/C20H20I3N3O5/c1-4-7-10(27)25-17-14(21)13(19(20(24)30)31-12(29)9-6-3)15(22)18(16(17)23)26-11(28)8-5-2/h4-9,19H,1-3H3,(H2,24,30)(H,25,27)(H,26,28)/b7-4+,8-5+,9-6+. The topological polar surface area (TPSA) is 128 Å². The summed E-state index contributed by atoms with van der Waals surface area (Å²) in [7, 11) is 0. The van der Waals surface area contributed by atoms with Crippen LogP contribution in [0, 0.1) is 10.7 Å². The molecule has 1 aromatic rings. The molecule has 8 nitrogen and oxygen atoms in total. The minimum atomic E-state index is -1.44. The second-order valence-corrected chi connectivity index (χ2v) is 9.04. The third-order valence-corrected chi connectivity index (χ3v) is 6.86. The minimum Gasteiger partial charge on any atom is -0.444 e. The Labute approximate surface area is 220 Å². The summed E-state index contributed by atoms with van der Waals surface area (Å²) in [6.07, 6.45) is 7.00. The molecule has 31 heavy (non-hydrogen) atoms. The number of nitrogens with one attached hydrogen (secondary N) is 2. The number of primary amides is 1. The zero-order chi connectivity index (χ0) is 23.7. The number of rotatable bonds is 8. The third-order valence-electron chi connectivity index (χ3n) is 3.54. The number of carbonyl (C=O) groups excluding carboxylic acids is 4. The first-order chi connectivity index (χ1) is 14.6. The summed E-state index contributed by atoms with van der Waals surface area (Å²) in [6, 6.07) is 0. The molecule has 0 fully saturated rings. The Morgan fingerprint density at radius 2 is 1.23 bits per heavy atom. The lowest BCUT2D eigenvalue weighted by Gasteiger charge is -2.23. The first-order valence-corrected chi connectivity index (χ1v) is 12.0. The highest BCUT2D eigenvalue weighted by Gasteiger charge is 2.32. The predicted octanol–water partition coefficient (Wildman–Crippen LogP) is 4.18. The van der Waals surface area contributed by atoms with Gasteiger partial charge in [-0.25, -0.2) is 4.79 Å². The highest BCUT2D eigenvalue weighted by atomic mass is 127. The molecular weight excluding hydrogens is 743 g/mol. The van der Waals surface area contributed by atoms with Gasteiger partial charge in [0.2, 0.25) is 17.9 Å². The van der Waals surface area contributed by atoms with E-state index in [1.54, 1.807) is 32.9 Å². The fraction of sp³-hybridized carbons (Fsp3) is 0.200. The first-order valence-electron chi connectivity index (χ1n) is 8.79. The van der Waals surface area contributed by atoms with E-state index in [9.17, 15) is 19.2 Å². The maximum absolute atomic E-state index is 12.2. The van der Waals surface area contributed by atoms with Crippen molar-refractivity contribution in [2.75, 3.05) is 10.6 Å². The monoisotopic (exact) mass is 763 g/mol. The molecule has 11 heteroatoms. The highest BCUT2D eigenvalue weighted by Crippen LogP contribution is 2.42. The van der Waals surface area contributed by atoms with Crippen molar-refractivity contribution in [2.24, 2.45) is 5.73 Å². The Balaban J connectivity index is 3.80. The minimum absolute atomic E-state index is 0.263. The van der Waals surface area contributed by atoms with E-state index >= 15 is 0 Å². The predicted molar refractivity (Wildman–Crippen MR) is 144 cm³/mol. The second-order valence-electron chi connectivity index (χ2n) is 5.80. The number of halogens is 3. The van der Waals surface area contributed by atoms with Crippen LogP contribution >= 0.6 is 67.8 Å². The molecule has 0 saturated carbocycles. The number of benzene rings is 1. The van der Waals surface area contributed by atoms with E-state index in [0.29, 0.717) is 22.1 Å². The molecule has 0 aliphatic heterocycles. The Hall–Kier alpha value is -1.49. The van der Waals surface area contributed by atoms with E-state index in [4.69, 9.17) is 10.5 Å². The summed E-state index contributed by atoms with van der Waals surface area (Å²) in [5, 5.41) is 5.49. The molecule has 0 spiro atoms. The molecule has 1 rings (SSSR count).